The quantitative estimate of drug-likeness (QED) is 0.608. The summed E-state index contributed by atoms with van der Waals surface area (Å²) in [4.78, 5) is 0. The molecule has 96 valence electrons. The highest BCUT2D eigenvalue weighted by atomic mass is 14.2. The lowest BCUT2D eigenvalue weighted by Gasteiger charge is -2.18. The van der Waals surface area contributed by atoms with Gasteiger partial charge in [-0.2, -0.15) is 0 Å². The molecule has 0 amide bonds. The Morgan fingerprint density at radius 1 is 1.12 bits per heavy atom. The number of benzene rings is 1. The molecule has 1 aromatic carbocycles. The van der Waals surface area contributed by atoms with Crippen molar-refractivity contribution in [2.24, 2.45) is 5.92 Å². The maximum Gasteiger partial charge on any atom is -0.0185 e. The fourth-order valence-corrected chi connectivity index (χ4v) is 2.59. The summed E-state index contributed by atoms with van der Waals surface area (Å²) < 4.78 is 0. The first-order chi connectivity index (χ1) is 8.04. The molecule has 0 aliphatic rings. The van der Waals surface area contributed by atoms with Gasteiger partial charge in [0.05, 0.1) is 0 Å². The molecule has 0 aliphatic carbocycles. The Morgan fingerprint density at radius 2 is 1.82 bits per heavy atom. The van der Waals surface area contributed by atoms with Gasteiger partial charge in [-0.3, -0.25) is 0 Å². The highest BCUT2D eigenvalue weighted by molar-refractivity contribution is 5.33. The van der Waals surface area contributed by atoms with E-state index in [1.165, 1.54) is 36.8 Å². The molecule has 17 heavy (non-hydrogen) atoms. The van der Waals surface area contributed by atoms with Crippen molar-refractivity contribution in [3.63, 3.8) is 0 Å². The monoisotopic (exact) mass is 232 g/mol. The van der Waals surface area contributed by atoms with Crippen molar-refractivity contribution in [3.05, 3.63) is 34.9 Å². The SMILES string of the molecule is CCCCc1ccc(C)c(C(C)CC(C)C)c1. The molecular weight excluding hydrogens is 204 g/mol. The van der Waals surface area contributed by atoms with Crippen molar-refractivity contribution < 1.29 is 0 Å². The first-order valence-electron chi connectivity index (χ1n) is 7.14. The summed E-state index contributed by atoms with van der Waals surface area (Å²) in [5.41, 5.74) is 4.54. The highest BCUT2D eigenvalue weighted by Crippen LogP contribution is 2.27. The third kappa shape index (κ3) is 4.53. The zero-order chi connectivity index (χ0) is 12.8. The smallest absolute Gasteiger partial charge is 0.0185 e. The normalized spacial score (nSPS) is 13.1. The molecule has 1 unspecified atom stereocenters. The standard InChI is InChI=1S/C17H28/c1-6-7-8-16-10-9-14(4)17(12-16)15(5)11-13(2)3/h9-10,12-13,15H,6-8,11H2,1-5H3. The Hall–Kier alpha value is -0.780. The minimum Gasteiger partial charge on any atom is -0.0654 e. The minimum absolute atomic E-state index is 0.691. The second-order valence-electron chi connectivity index (χ2n) is 5.83. The first-order valence-corrected chi connectivity index (χ1v) is 7.14. The van der Waals surface area contributed by atoms with Gasteiger partial charge in [-0.15, -0.1) is 0 Å². The summed E-state index contributed by atoms with van der Waals surface area (Å²) in [5.74, 6) is 1.47. The second-order valence-corrected chi connectivity index (χ2v) is 5.83. The number of hydrogen-bond acceptors (Lipinski definition) is 0. The highest BCUT2D eigenvalue weighted by Gasteiger charge is 2.11. The molecule has 0 radical (unpaired) electrons. The van der Waals surface area contributed by atoms with Gasteiger partial charge in [0.1, 0.15) is 0 Å². The van der Waals surface area contributed by atoms with Gasteiger partial charge in [-0.05, 0) is 54.7 Å². The molecule has 0 bridgehead atoms. The van der Waals surface area contributed by atoms with Crippen molar-refractivity contribution in [1.82, 2.24) is 0 Å². The number of hydrogen-bond donors (Lipinski definition) is 0. The first kappa shape index (κ1) is 14.3. The van der Waals surface area contributed by atoms with Crippen LogP contribution in [0.15, 0.2) is 18.2 Å². The lowest BCUT2D eigenvalue weighted by Crippen LogP contribution is -2.02. The molecule has 0 aliphatic heterocycles. The zero-order valence-corrected chi connectivity index (χ0v) is 12.2. The fourth-order valence-electron chi connectivity index (χ4n) is 2.59. The maximum atomic E-state index is 2.44. The van der Waals surface area contributed by atoms with E-state index in [0.29, 0.717) is 5.92 Å². The zero-order valence-electron chi connectivity index (χ0n) is 12.2. The summed E-state index contributed by atoms with van der Waals surface area (Å²) in [5, 5.41) is 0. The van der Waals surface area contributed by atoms with Gasteiger partial charge in [0.25, 0.3) is 0 Å². The topological polar surface area (TPSA) is 0 Å². The molecule has 0 N–H and O–H groups in total. The van der Waals surface area contributed by atoms with Crippen LogP contribution in [0.1, 0.15) is 69.6 Å². The van der Waals surface area contributed by atoms with Crippen LogP contribution < -0.4 is 0 Å². The van der Waals surface area contributed by atoms with Crippen molar-refractivity contribution in [2.45, 2.75) is 66.2 Å². The number of aryl methyl sites for hydroxylation is 2. The van der Waals surface area contributed by atoms with Gasteiger partial charge in [-0.25, -0.2) is 0 Å². The Kier molecular flexibility index (Phi) is 5.74. The van der Waals surface area contributed by atoms with E-state index in [1.54, 1.807) is 5.56 Å². The van der Waals surface area contributed by atoms with Crippen molar-refractivity contribution >= 4 is 0 Å². The third-order valence-corrected chi connectivity index (χ3v) is 3.52. The molecule has 0 nitrogen and oxygen atoms in total. The van der Waals surface area contributed by atoms with Crippen LogP contribution in [0, 0.1) is 12.8 Å². The predicted molar refractivity (Wildman–Crippen MR) is 77.7 cm³/mol. The van der Waals surface area contributed by atoms with Crippen LogP contribution in [-0.4, -0.2) is 0 Å². The van der Waals surface area contributed by atoms with Crippen LogP contribution >= 0.6 is 0 Å². The van der Waals surface area contributed by atoms with Crippen LogP contribution in [0.5, 0.6) is 0 Å². The van der Waals surface area contributed by atoms with Gasteiger partial charge in [0.2, 0.25) is 0 Å². The Morgan fingerprint density at radius 3 is 2.41 bits per heavy atom. The van der Waals surface area contributed by atoms with Crippen LogP contribution in [0.25, 0.3) is 0 Å². The van der Waals surface area contributed by atoms with E-state index in [-0.39, 0.29) is 0 Å². The fraction of sp³-hybridized carbons (Fsp3) is 0.647. The molecule has 0 heteroatoms. The summed E-state index contributed by atoms with van der Waals surface area (Å²) >= 11 is 0. The molecule has 0 fully saturated rings. The average Bonchev–Trinajstić information content (AvgIpc) is 2.27. The van der Waals surface area contributed by atoms with Gasteiger partial charge in [0, 0.05) is 0 Å². The number of rotatable bonds is 6. The van der Waals surface area contributed by atoms with E-state index in [0.717, 1.165) is 5.92 Å². The summed E-state index contributed by atoms with van der Waals surface area (Å²) in [7, 11) is 0. The van der Waals surface area contributed by atoms with Crippen LogP contribution in [0.4, 0.5) is 0 Å². The van der Waals surface area contributed by atoms with Crippen molar-refractivity contribution in [1.29, 1.82) is 0 Å². The summed E-state index contributed by atoms with van der Waals surface area (Å²) in [6.45, 7) is 11.5. The second kappa shape index (κ2) is 6.83. The van der Waals surface area contributed by atoms with E-state index < -0.39 is 0 Å². The molecule has 1 aromatic rings. The summed E-state index contributed by atoms with van der Waals surface area (Å²) in [6, 6.07) is 7.05. The summed E-state index contributed by atoms with van der Waals surface area (Å²) in [6.07, 6.45) is 5.11. The molecule has 0 saturated carbocycles. The number of unbranched alkanes of at least 4 members (excludes halogenated alkanes) is 1. The van der Waals surface area contributed by atoms with E-state index in [2.05, 4.69) is 52.8 Å². The average molecular weight is 232 g/mol. The van der Waals surface area contributed by atoms with Crippen LogP contribution in [0.3, 0.4) is 0 Å². The Balaban J connectivity index is 2.81. The maximum absolute atomic E-state index is 2.44. The molecule has 0 aromatic heterocycles. The van der Waals surface area contributed by atoms with E-state index in [1.807, 2.05) is 0 Å². The van der Waals surface area contributed by atoms with Gasteiger partial charge >= 0.3 is 0 Å². The van der Waals surface area contributed by atoms with E-state index in [9.17, 15) is 0 Å². The van der Waals surface area contributed by atoms with Crippen LogP contribution in [-0.2, 0) is 6.42 Å². The molecule has 0 spiro atoms. The van der Waals surface area contributed by atoms with Gasteiger partial charge < -0.3 is 0 Å². The van der Waals surface area contributed by atoms with E-state index >= 15 is 0 Å². The van der Waals surface area contributed by atoms with Crippen molar-refractivity contribution in [2.75, 3.05) is 0 Å². The van der Waals surface area contributed by atoms with Crippen LogP contribution in [0.2, 0.25) is 0 Å². The minimum atomic E-state index is 0.691. The van der Waals surface area contributed by atoms with Gasteiger partial charge in [-0.1, -0.05) is 52.3 Å². The third-order valence-electron chi connectivity index (χ3n) is 3.52. The molecule has 1 atom stereocenters. The largest absolute Gasteiger partial charge is 0.0654 e. The Labute approximate surface area is 107 Å². The molecule has 1 rings (SSSR count). The lowest BCUT2D eigenvalue weighted by atomic mass is 9.88. The Bertz CT molecular complexity index is 336. The lowest BCUT2D eigenvalue weighted by molar-refractivity contribution is 0.522. The molecular formula is C17H28. The van der Waals surface area contributed by atoms with Crippen molar-refractivity contribution in [3.8, 4) is 0 Å². The van der Waals surface area contributed by atoms with Gasteiger partial charge in [0.15, 0.2) is 0 Å². The molecule has 0 heterocycles. The van der Waals surface area contributed by atoms with E-state index in [4.69, 9.17) is 0 Å². The predicted octanol–water partition coefficient (Wildman–Crippen LogP) is 5.49. The molecule has 0 saturated heterocycles.